The number of hydrogen-bond donors (Lipinski definition) is 0. The molecule has 168 valence electrons. The molecular weight excluding hydrogens is 412 g/mol. The zero-order valence-corrected chi connectivity index (χ0v) is 20.1. The van der Waals surface area contributed by atoms with Gasteiger partial charge in [-0.25, -0.2) is 8.42 Å². The number of hydrogen-bond acceptors (Lipinski definition) is 4. The van der Waals surface area contributed by atoms with Crippen molar-refractivity contribution >= 4 is 15.9 Å². The van der Waals surface area contributed by atoms with Gasteiger partial charge in [0, 0.05) is 26.2 Å². The summed E-state index contributed by atoms with van der Waals surface area (Å²) >= 11 is 0. The molecule has 0 unspecified atom stereocenters. The molecule has 1 heterocycles. The zero-order valence-electron chi connectivity index (χ0n) is 19.3. The first-order chi connectivity index (χ1) is 14.5. The molecule has 1 fully saturated rings. The average molecular weight is 445 g/mol. The lowest BCUT2D eigenvalue weighted by Gasteiger charge is -2.34. The highest BCUT2D eigenvalue weighted by molar-refractivity contribution is 7.89. The largest absolute Gasteiger partial charge is 0.483 e. The molecule has 0 N–H and O–H groups in total. The molecular formula is C24H32N2O4S. The van der Waals surface area contributed by atoms with E-state index in [1.807, 2.05) is 65.8 Å². The van der Waals surface area contributed by atoms with Crippen molar-refractivity contribution in [3.8, 4) is 5.75 Å². The highest BCUT2D eigenvalue weighted by Crippen LogP contribution is 2.29. The van der Waals surface area contributed by atoms with Crippen LogP contribution in [0.15, 0.2) is 29.2 Å². The summed E-state index contributed by atoms with van der Waals surface area (Å²) in [5.41, 5.74) is 5.59. The van der Waals surface area contributed by atoms with Crippen molar-refractivity contribution < 1.29 is 17.9 Å². The Kier molecular flexibility index (Phi) is 6.76. The third kappa shape index (κ3) is 4.77. The molecule has 0 aromatic heterocycles. The third-order valence-corrected chi connectivity index (χ3v) is 8.35. The van der Waals surface area contributed by atoms with Gasteiger partial charge < -0.3 is 9.64 Å². The normalized spacial score (nSPS) is 15.2. The maximum Gasteiger partial charge on any atom is 0.260 e. The Labute approximate surface area is 185 Å². The van der Waals surface area contributed by atoms with E-state index in [0.29, 0.717) is 23.7 Å². The molecule has 31 heavy (non-hydrogen) atoms. The number of amides is 1. The number of nitrogens with zero attached hydrogens (tertiary/aromatic N) is 2. The van der Waals surface area contributed by atoms with Gasteiger partial charge in [-0.1, -0.05) is 18.2 Å². The van der Waals surface area contributed by atoms with Crippen LogP contribution in [0.25, 0.3) is 0 Å². The smallest absolute Gasteiger partial charge is 0.260 e. The molecule has 1 aliphatic heterocycles. The molecule has 0 atom stereocenters. The summed E-state index contributed by atoms with van der Waals surface area (Å²) in [6.07, 6.45) is 0. The van der Waals surface area contributed by atoms with E-state index in [1.54, 1.807) is 4.90 Å². The van der Waals surface area contributed by atoms with Crippen LogP contribution < -0.4 is 4.74 Å². The van der Waals surface area contributed by atoms with E-state index >= 15 is 0 Å². The lowest BCUT2D eigenvalue weighted by Crippen LogP contribution is -2.51. The molecule has 0 aliphatic carbocycles. The number of ether oxygens (including phenoxy) is 1. The standard InChI is InChI=1S/C24H32N2O4S/c1-16-7-8-17(2)22(13-16)30-15-23(27)25-9-11-26(12-10-25)31(28,29)24-20(5)18(3)14-19(4)21(24)6/h7-8,13-14H,9-12,15H2,1-6H3. The fraction of sp³-hybridized carbons (Fsp3) is 0.458. The van der Waals surface area contributed by atoms with Crippen LogP contribution in [-0.2, 0) is 14.8 Å². The van der Waals surface area contributed by atoms with Gasteiger partial charge in [-0.3, -0.25) is 4.79 Å². The van der Waals surface area contributed by atoms with Crippen LogP contribution in [0.2, 0.25) is 0 Å². The summed E-state index contributed by atoms with van der Waals surface area (Å²) in [6, 6.07) is 7.91. The van der Waals surface area contributed by atoms with Gasteiger partial charge in [0.05, 0.1) is 4.90 Å². The molecule has 0 bridgehead atoms. The molecule has 0 saturated carbocycles. The first-order valence-corrected chi connectivity index (χ1v) is 12.0. The zero-order chi connectivity index (χ0) is 22.9. The van der Waals surface area contributed by atoms with Gasteiger partial charge in [-0.15, -0.1) is 0 Å². The second kappa shape index (κ2) is 9.01. The van der Waals surface area contributed by atoms with Crippen LogP contribution >= 0.6 is 0 Å². The number of rotatable bonds is 5. The number of piperazine rings is 1. The summed E-state index contributed by atoms with van der Waals surface area (Å²) in [6.45, 7) is 12.7. The minimum atomic E-state index is -3.62. The Bertz CT molecular complexity index is 1070. The summed E-state index contributed by atoms with van der Waals surface area (Å²) in [7, 11) is -3.62. The molecule has 1 saturated heterocycles. The van der Waals surface area contributed by atoms with Crippen molar-refractivity contribution in [3.05, 3.63) is 57.6 Å². The number of benzene rings is 2. The van der Waals surface area contributed by atoms with Crippen molar-refractivity contribution in [1.82, 2.24) is 9.21 Å². The van der Waals surface area contributed by atoms with Crippen LogP contribution in [0.4, 0.5) is 0 Å². The van der Waals surface area contributed by atoms with E-state index in [1.165, 1.54) is 4.31 Å². The molecule has 2 aromatic carbocycles. The minimum Gasteiger partial charge on any atom is -0.483 e. The highest BCUT2D eigenvalue weighted by atomic mass is 32.2. The monoisotopic (exact) mass is 444 g/mol. The molecule has 2 aromatic rings. The Morgan fingerprint density at radius 1 is 0.871 bits per heavy atom. The van der Waals surface area contributed by atoms with Crippen molar-refractivity contribution in [2.24, 2.45) is 0 Å². The van der Waals surface area contributed by atoms with E-state index in [2.05, 4.69) is 0 Å². The Morgan fingerprint density at radius 3 is 2.03 bits per heavy atom. The number of aryl methyl sites for hydroxylation is 4. The van der Waals surface area contributed by atoms with Crippen LogP contribution in [-0.4, -0.2) is 56.3 Å². The van der Waals surface area contributed by atoms with Gasteiger partial charge in [-0.2, -0.15) is 4.31 Å². The lowest BCUT2D eigenvalue weighted by molar-refractivity contribution is -0.134. The second-order valence-electron chi connectivity index (χ2n) is 8.43. The summed E-state index contributed by atoms with van der Waals surface area (Å²) < 4.78 is 34.0. The van der Waals surface area contributed by atoms with E-state index in [-0.39, 0.29) is 25.6 Å². The first-order valence-electron chi connectivity index (χ1n) is 10.6. The van der Waals surface area contributed by atoms with Crippen LogP contribution in [0.5, 0.6) is 5.75 Å². The number of carbonyl (C=O) groups excluding carboxylic acids is 1. The van der Waals surface area contributed by atoms with Gasteiger partial charge >= 0.3 is 0 Å². The molecule has 1 amide bonds. The first kappa shape index (κ1) is 23.3. The SMILES string of the molecule is Cc1ccc(C)c(OCC(=O)N2CCN(S(=O)(=O)c3c(C)c(C)cc(C)c3C)CC2)c1. The minimum absolute atomic E-state index is 0.0493. The van der Waals surface area contributed by atoms with Crippen molar-refractivity contribution in [2.75, 3.05) is 32.8 Å². The Balaban J connectivity index is 1.66. The summed E-state index contributed by atoms with van der Waals surface area (Å²) in [4.78, 5) is 14.7. The van der Waals surface area contributed by atoms with E-state index in [4.69, 9.17) is 4.74 Å². The molecule has 0 spiro atoms. The molecule has 6 nitrogen and oxygen atoms in total. The van der Waals surface area contributed by atoms with Crippen LogP contribution in [0.3, 0.4) is 0 Å². The van der Waals surface area contributed by atoms with Gasteiger partial charge in [0.2, 0.25) is 10.0 Å². The van der Waals surface area contributed by atoms with Gasteiger partial charge in [0.1, 0.15) is 5.75 Å². The van der Waals surface area contributed by atoms with E-state index in [0.717, 1.165) is 33.4 Å². The van der Waals surface area contributed by atoms with Gasteiger partial charge in [-0.05, 0) is 81.0 Å². The van der Waals surface area contributed by atoms with Gasteiger partial charge in [0.25, 0.3) is 5.91 Å². The third-order valence-electron chi connectivity index (χ3n) is 6.18. The highest BCUT2D eigenvalue weighted by Gasteiger charge is 2.33. The van der Waals surface area contributed by atoms with Crippen LogP contribution in [0.1, 0.15) is 33.4 Å². The summed E-state index contributed by atoms with van der Waals surface area (Å²) in [5.74, 6) is 0.576. The van der Waals surface area contributed by atoms with Crippen LogP contribution in [0, 0.1) is 41.5 Å². The lowest BCUT2D eigenvalue weighted by atomic mass is 10.0. The quantitative estimate of drug-likeness (QED) is 0.709. The molecule has 1 aliphatic rings. The molecule has 3 rings (SSSR count). The molecule has 0 radical (unpaired) electrons. The average Bonchev–Trinajstić information content (AvgIpc) is 2.73. The Hall–Kier alpha value is -2.38. The predicted molar refractivity (Wildman–Crippen MR) is 122 cm³/mol. The maximum absolute atomic E-state index is 13.4. The number of carbonyl (C=O) groups is 1. The van der Waals surface area contributed by atoms with Crippen molar-refractivity contribution in [3.63, 3.8) is 0 Å². The fourth-order valence-corrected chi connectivity index (χ4v) is 5.97. The molecule has 7 heteroatoms. The van der Waals surface area contributed by atoms with Crippen molar-refractivity contribution in [1.29, 1.82) is 0 Å². The number of sulfonamides is 1. The second-order valence-corrected chi connectivity index (χ2v) is 10.3. The Morgan fingerprint density at radius 2 is 1.45 bits per heavy atom. The van der Waals surface area contributed by atoms with Crippen molar-refractivity contribution in [2.45, 2.75) is 46.4 Å². The van der Waals surface area contributed by atoms with E-state index < -0.39 is 10.0 Å². The van der Waals surface area contributed by atoms with Gasteiger partial charge in [0.15, 0.2) is 6.61 Å². The van der Waals surface area contributed by atoms with E-state index in [9.17, 15) is 13.2 Å². The fourth-order valence-electron chi connectivity index (χ4n) is 3.97. The predicted octanol–water partition coefficient (Wildman–Crippen LogP) is 3.45. The topological polar surface area (TPSA) is 66.9 Å². The maximum atomic E-state index is 13.4. The summed E-state index contributed by atoms with van der Waals surface area (Å²) in [5, 5.41) is 0.